The lowest BCUT2D eigenvalue weighted by Gasteiger charge is -2.02. The summed E-state index contributed by atoms with van der Waals surface area (Å²) >= 11 is 5.46. The van der Waals surface area contributed by atoms with E-state index in [2.05, 4.69) is 4.98 Å². The maximum absolute atomic E-state index is 11.7. The number of nitro benzene ring substituents is 1. The second-order valence-corrected chi connectivity index (χ2v) is 5.87. The van der Waals surface area contributed by atoms with Gasteiger partial charge < -0.3 is 9.67 Å². The molecule has 0 saturated heterocycles. The van der Waals surface area contributed by atoms with Gasteiger partial charge >= 0.3 is 11.7 Å². The van der Waals surface area contributed by atoms with Crippen molar-refractivity contribution in [2.24, 2.45) is 21.1 Å². The predicted octanol–water partition coefficient (Wildman–Crippen LogP) is 0.917. The van der Waals surface area contributed by atoms with Crippen molar-refractivity contribution in [2.45, 2.75) is 0 Å². The summed E-state index contributed by atoms with van der Waals surface area (Å²) in [6, 6.07) is 3.31. The van der Waals surface area contributed by atoms with Crippen molar-refractivity contribution < 1.29 is 14.8 Å². The second-order valence-electron chi connectivity index (χ2n) is 5.46. The fourth-order valence-corrected chi connectivity index (χ4v) is 2.44. The molecule has 142 valence electrons. The maximum Gasteiger partial charge on any atom is 0.335 e. The van der Waals surface area contributed by atoms with Crippen LogP contribution in [0.5, 0.6) is 0 Å². The molecule has 3 aromatic rings. The van der Waals surface area contributed by atoms with Crippen molar-refractivity contribution in [1.29, 1.82) is 0 Å². The average Bonchev–Trinajstić information content (AvgIpc) is 3.00. The zero-order valence-corrected chi connectivity index (χ0v) is 15.2. The highest BCUT2D eigenvalue weighted by atomic mass is 35.5. The summed E-state index contributed by atoms with van der Waals surface area (Å²) in [5.74, 6) is -1.22. The highest BCUT2D eigenvalue weighted by molar-refractivity contribution is 6.32. The Hall–Kier alpha value is -3.47. The van der Waals surface area contributed by atoms with Gasteiger partial charge in [0.2, 0.25) is 0 Å². The number of aryl methyl sites for hydroxylation is 2. The van der Waals surface area contributed by atoms with Gasteiger partial charge in [-0.05, 0) is 12.1 Å². The molecule has 0 atom stereocenters. The number of carboxylic acid groups (broad SMARTS) is 1. The van der Waals surface area contributed by atoms with Crippen LogP contribution in [0.4, 0.5) is 5.69 Å². The van der Waals surface area contributed by atoms with E-state index in [4.69, 9.17) is 16.7 Å². The van der Waals surface area contributed by atoms with Crippen LogP contribution < -0.4 is 11.2 Å². The van der Waals surface area contributed by atoms with Gasteiger partial charge in [-0.2, -0.15) is 0 Å². The van der Waals surface area contributed by atoms with Crippen molar-refractivity contribution >= 4 is 34.4 Å². The molecule has 0 fully saturated rings. The third kappa shape index (κ3) is 3.72. The van der Waals surface area contributed by atoms with Gasteiger partial charge in [0, 0.05) is 27.2 Å². The first-order valence-electron chi connectivity index (χ1n) is 7.30. The van der Waals surface area contributed by atoms with E-state index in [0.29, 0.717) is 11.2 Å². The Labute approximate surface area is 155 Å². The molecule has 0 bridgehead atoms. The quantitative estimate of drug-likeness (QED) is 0.502. The van der Waals surface area contributed by atoms with Crippen LogP contribution in [0, 0.1) is 10.1 Å². The number of rotatable bonds is 2. The number of hydrogen-bond acceptors (Lipinski definition) is 6. The molecular formula is C15H14ClN5O6. The average molecular weight is 396 g/mol. The Morgan fingerprint density at radius 3 is 2.41 bits per heavy atom. The molecule has 2 aromatic heterocycles. The molecule has 2 heterocycles. The third-order valence-electron chi connectivity index (χ3n) is 3.71. The van der Waals surface area contributed by atoms with Gasteiger partial charge in [0.05, 0.1) is 16.8 Å². The molecule has 0 spiro atoms. The van der Waals surface area contributed by atoms with Crippen LogP contribution in [0.25, 0.3) is 11.2 Å². The summed E-state index contributed by atoms with van der Waals surface area (Å²) in [5.41, 5.74) is -0.378. The first kappa shape index (κ1) is 19.8. The van der Waals surface area contributed by atoms with Gasteiger partial charge in [0.25, 0.3) is 11.2 Å². The van der Waals surface area contributed by atoms with E-state index in [-0.39, 0.29) is 21.8 Å². The summed E-state index contributed by atoms with van der Waals surface area (Å²) < 4.78 is 4.04. The minimum absolute atomic E-state index is 0.0741. The monoisotopic (exact) mass is 395 g/mol. The van der Waals surface area contributed by atoms with E-state index < -0.39 is 16.6 Å². The van der Waals surface area contributed by atoms with Crippen molar-refractivity contribution in [3.63, 3.8) is 0 Å². The fourth-order valence-electron chi connectivity index (χ4n) is 2.26. The molecule has 3 rings (SSSR count). The molecule has 0 unspecified atom stereocenters. The van der Waals surface area contributed by atoms with Gasteiger partial charge in [-0.3, -0.25) is 24.0 Å². The Balaban J connectivity index is 0.000000194. The normalized spacial score (nSPS) is 10.4. The molecule has 0 aliphatic heterocycles. The molecular weight excluding hydrogens is 382 g/mol. The molecule has 1 N–H and O–H groups in total. The van der Waals surface area contributed by atoms with Crippen LogP contribution >= 0.6 is 11.6 Å². The van der Waals surface area contributed by atoms with Crippen molar-refractivity contribution in [3.05, 3.63) is 66.1 Å². The van der Waals surface area contributed by atoms with E-state index in [1.54, 1.807) is 18.7 Å². The molecule has 12 heteroatoms. The molecule has 0 amide bonds. The van der Waals surface area contributed by atoms with Gasteiger partial charge in [-0.1, -0.05) is 11.6 Å². The number of carboxylic acids is 1. The standard InChI is InChI=1S/C8H10N4O2.C7H4ClNO4/c1-10-4-9-6-5(10)7(13)12(3)8(14)11(6)2;8-5-2-1-4(7(10)11)3-6(5)9(12)13/h4H,1-3H3;1-3H,(H,10,11). The number of fused-ring (bicyclic) bond motifs is 1. The highest BCUT2D eigenvalue weighted by Crippen LogP contribution is 2.24. The smallest absolute Gasteiger partial charge is 0.335 e. The third-order valence-corrected chi connectivity index (χ3v) is 4.03. The van der Waals surface area contributed by atoms with Gasteiger partial charge in [-0.25, -0.2) is 14.6 Å². The molecule has 11 nitrogen and oxygen atoms in total. The van der Waals surface area contributed by atoms with Crippen molar-refractivity contribution in [3.8, 4) is 0 Å². The topological polar surface area (TPSA) is 142 Å². The fraction of sp³-hybridized carbons (Fsp3) is 0.200. The molecule has 27 heavy (non-hydrogen) atoms. The lowest BCUT2D eigenvalue weighted by molar-refractivity contribution is -0.384. The number of hydrogen-bond donors (Lipinski definition) is 1. The van der Waals surface area contributed by atoms with E-state index in [1.165, 1.54) is 30.1 Å². The van der Waals surface area contributed by atoms with Crippen LogP contribution in [0.1, 0.15) is 10.4 Å². The number of nitro groups is 1. The summed E-state index contributed by atoms with van der Waals surface area (Å²) in [5, 5.41) is 18.8. The number of halogens is 1. The molecule has 1 aromatic carbocycles. The van der Waals surface area contributed by atoms with E-state index in [9.17, 15) is 24.5 Å². The number of imidazole rings is 1. The number of aromatic nitrogens is 4. The lowest BCUT2D eigenvalue weighted by atomic mass is 10.2. The minimum Gasteiger partial charge on any atom is -0.478 e. The zero-order chi connectivity index (χ0) is 20.5. The Bertz CT molecular complexity index is 1180. The van der Waals surface area contributed by atoms with E-state index in [0.717, 1.165) is 10.6 Å². The summed E-state index contributed by atoms with van der Waals surface area (Å²) in [7, 11) is 4.77. The molecule has 0 saturated carbocycles. The van der Waals surface area contributed by atoms with Crippen LogP contribution in [-0.4, -0.2) is 34.7 Å². The number of carbonyl (C=O) groups is 1. The Morgan fingerprint density at radius 2 is 1.85 bits per heavy atom. The molecule has 0 aliphatic carbocycles. The Kier molecular flexibility index (Phi) is 5.45. The van der Waals surface area contributed by atoms with Crippen LogP contribution in [0.15, 0.2) is 34.1 Å². The summed E-state index contributed by atoms with van der Waals surface area (Å²) in [6.07, 6.45) is 1.52. The second kappa shape index (κ2) is 7.41. The number of aromatic carboxylic acids is 1. The van der Waals surface area contributed by atoms with Crippen molar-refractivity contribution in [2.75, 3.05) is 0 Å². The lowest BCUT2D eigenvalue weighted by Crippen LogP contribution is -2.37. The summed E-state index contributed by atoms with van der Waals surface area (Å²) in [4.78, 5) is 47.2. The minimum atomic E-state index is -1.22. The number of benzene rings is 1. The highest BCUT2D eigenvalue weighted by Gasteiger charge is 2.15. The first-order chi connectivity index (χ1) is 12.6. The van der Waals surface area contributed by atoms with Crippen LogP contribution in [-0.2, 0) is 21.1 Å². The predicted molar refractivity (Wildman–Crippen MR) is 96.3 cm³/mol. The molecule has 0 aliphatic rings. The SMILES string of the molecule is Cn1c(=O)c2c(ncn2C)n(C)c1=O.O=C(O)c1ccc(Cl)c([N+](=O)[O-])c1. The molecule has 0 radical (unpaired) electrons. The van der Waals surface area contributed by atoms with Crippen LogP contribution in [0.3, 0.4) is 0 Å². The zero-order valence-electron chi connectivity index (χ0n) is 14.4. The number of nitrogens with zero attached hydrogens (tertiary/aromatic N) is 5. The summed E-state index contributed by atoms with van der Waals surface area (Å²) in [6.45, 7) is 0. The largest absolute Gasteiger partial charge is 0.478 e. The van der Waals surface area contributed by atoms with E-state index in [1.807, 2.05) is 0 Å². The van der Waals surface area contributed by atoms with Gasteiger partial charge in [-0.15, -0.1) is 0 Å². The van der Waals surface area contributed by atoms with Crippen molar-refractivity contribution in [1.82, 2.24) is 18.7 Å². The van der Waals surface area contributed by atoms with Crippen LogP contribution in [0.2, 0.25) is 5.02 Å². The van der Waals surface area contributed by atoms with E-state index >= 15 is 0 Å². The van der Waals surface area contributed by atoms with Gasteiger partial charge in [0.15, 0.2) is 11.2 Å². The van der Waals surface area contributed by atoms with Gasteiger partial charge in [0.1, 0.15) is 5.02 Å². The maximum atomic E-state index is 11.7. The first-order valence-corrected chi connectivity index (χ1v) is 7.68. The Morgan fingerprint density at radius 1 is 1.22 bits per heavy atom.